The van der Waals surface area contributed by atoms with Gasteiger partial charge < -0.3 is 0 Å². The molecule has 0 saturated heterocycles. The molecule has 0 nitrogen and oxygen atoms in total. The summed E-state index contributed by atoms with van der Waals surface area (Å²) >= 11 is 0. The first-order valence-corrected chi connectivity index (χ1v) is 6.86. The molecule has 102 valence electrons. The van der Waals surface area contributed by atoms with E-state index in [9.17, 15) is 0 Å². The molecule has 0 heterocycles. The summed E-state index contributed by atoms with van der Waals surface area (Å²) in [5.74, 6) is 0. The first-order valence-electron chi connectivity index (χ1n) is 6.86. The van der Waals surface area contributed by atoms with Gasteiger partial charge in [-0.1, -0.05) is 87.3 Å². The third-order valence-corrected chi connectivity index (χ3v) is 2.64. The molecule has 0 heteroatoms. The zero-order valence-electron chi connectivity index (χ0n) is 12.5. The van der Waals surface area contributed by atoms with Gasteiger partial charge in [0.15, 0.2) is 0 Å². The monoisotopic (exact) mass is 254 g/mol. The largest absolute Gasteiger partial charge is 0.0991 e. The molecule has 0 aromatic rings. The molecule has 0 aliphatic carbocycles. The molecule has 0 atom stereocenters. The molecule has 0 aliphatic rings. The standard InChI is InChI=1S/C19H26/c1-6-10-11-13-18(9-4)14-15-19(12-7-2)16-17(5)8-3/h6-7,10-16H,1,5,8-9H2,2-4H3/b11-10-,12-7-,15-14+,18-13-,19-16+. The highest BCUT2D eigenvalue weighted by atomic mass is 14.0. The Hall–Kier alpha value is -1.82. The summed E-state index contributed by atoms with van der Waals surface area (Å²) in [5, 5.41) is 0. The maximum atomic E-state index is 4.02. The lowest BCUT2D eigenvalue weighted by Crippen LogP contribution is -1.79. The molecular weight excluding hydrogens is 228 g/mol. The molecule has 0 unspecified atom stereocenters. The fourth-order valence-electron chi connectivity index (χ4n) is 1.43. The molecule has 0 N–H and O–H groups in total. The Bertz CT molecular complexity index is 423. The van der Waals surface area contributed by atoms with Gasteiger partial charge in [-0.05, 0) is 30.9 Å². The molecular formula is C19H26. The Morgan fingerprint density at radius 3 is 2.26 bits per heavy atom. The predicted octanol–water partition coefficient (Wildman–Crippen LogP) is 6.09. The molecule has 0 rings (SSSR count). The Kier molecular flexibility index (Phi) is 10.2. The minimum absolute atomic E-state index is 0.980. The summed E-state index contributed by atoms with van der Waals surface area (Å²) in [6, 6.07) is 0. The fraction of sp³-hybridized carbons (Fsp3) is 0.263. The van der Waals surface area contributed by atoms with Crippen molar-refractivity contribution >= 4 is 0 Å². The van der Waals surface area contributed by atoms with Crippen LogP contribution < -0.4 is 0 Å². The normalized spacial score (nSPS) is 13.8. The van der Waals surface area contributed by atoms with Gasteiger partial charge in [0.2, 0.25) is 0 Å². The van der Waals surface area contributed by atoms with E-state index in [0.29, 0.717) is 0 Å². The summed E-state index contributed by atoms with van der Waals surface area (Å²) in [5.41, 5.74) is 3.61. The van der Waals surface area contributed by atoms with Gasteiger partial charge in [0.05, 0.1) is 0 Å². The second-order valence-corrected chi connectivity index (χ2v) is 4.21. The van der Waals surface area contributed by atoms with E-state index in [0.717, 1.165) is 18.4 Å². The smallest absolute Gasteiger partial charge is 0.0257 e. The lowest BCUT2D eigenvalue weighted by atomic mass is 10.1. The SMILES string of the molecule is C=C\C=C/C=C(\C=C\C(\C=C/C)=C\C(=C)CC)CC. The molecule has 19 heavy (non-hydrogen) atoms. The van der Waals surface area contributed by atoms with Crippen molar-refractivity contribution in [2.75, 3.05) is 0 Å². The third kappa shape index (κ3) is 8.84. The summed E-state index contributed by atoms with van der Waals surface area (Å²) in [4.78, 5) is 0. The van der Waals surface area contributed by atoms with Crippen molar-refractivity contribution in [2.45, 2.75) is 33.6 Å². The molecule has 0 amide bonds. The van der Waals surface area contributed by atoms with Crippen molar-refractivity contribution in [3.63, 3.8) is 0 Å². The molecule has 0 aromatic heterocycles. The van der Waals surface area contributed by atoms with Crippen LogP contribution in [0, 0.1) is 0 Å². The van der Waals surface area contributed by atoms with Crippen molar-refractivity contribution in [1.29, 1.82) is 0 Å². The Morgan fingerprint density at radius 2 is 1.74 bits per heavy atom. The number of hydrogen-bond donors (Lipinski definition) is 0. The van der Waals surface area contributed by atoms with Crippen LogP contribution in [0.5, 0.6) is 0 Å². The molecule has 0 aromatic carbocycles. The Balaban J connectivity index is 5.00. The second kappa shape index (κ2) is 11.3. The number of allylic oxidation sites excluding steroid dienone is 12. The molecule has 0 spiro atoms. The lowest BCUT2D eigenvalue weighted by Gasteiger charge is -1.99. The van der Waals surface area contributed by atoms with E-state index in [4.69, 9.17) is 0 Å². The number of rotatable bonds is 8. The van der Waals surface area contributed by atoms with Crippen molar-refractivity contribution in [1.82, 2.24) is 0 Å². The molecule has 0 aliphatic heterocycles. The van der Waals surface area contributed by atoms with Crippen molar-refractivity contribution < 1.29 is 0 Å². The van der Waals surface area contributed by atoms with Crippen LogP contribution in [0.2, 0.25) is 0 Å². The van der Waals surface area contributed by atoms with Crippen LogP contribution >= 0.6 is 0 Å². The van der Waals surface area contributed by atoms with Crippen molar-refractivity contribution in [2.24, 2.45) is 0 Å². The minimum Gasteiger partial charge on any atom is -0.0991 e. The maximum absolute atomic E-state index is 4.02. The topological polar surface area (TPSA) is 0 Å². The zero-order valence-corrected chi connectivity index (χ0v) is 12.5. The molecule has 0 bridgehead atoms. The van der Waals surface area contributed by atoms with Gasteiger partial charge >= 0.3 is 0 Å². The lowest BCUT2D eigenvalue weighted by molar-refractivity contribution is 1.14. The van der Waals surface area contributed by atoms with Crippen molar-refractivity contribution in [3.8, 4) is 0 Å². The summed E-state index contributed by atoms with van der Waals surface area (Å²) in [6.45, 7) is 14.0. The first kappa shape index (κ1) is 17.2. The van der Waals surface area contributed by atoms with E-state index in [1.54, 1.807) is 6.08 Å². The average Bonchev–Trinajstić information content (AvgIpc) is 2.42. The van der Waals surface area contributed by atoms with Gasteiger partial charge in [0.25, 0.3) is 0 Å². The van der Waals surface area contributed by atoms with Crippen LogP contribution in [0.3, 0.4) is 0 Å². The van der Waals surface area contributed by atoms with Crippen LogP contribution in [0.4, 0.5) is 0 Å². The van der Waals surface area contributed by atoms with Gasteiger partial charge in [-0.15, -0.1) is 0 Å². The summed E-state index contributed by atoms with van der Waals surface area (Å²) in [7, 11) is 0. The van der Waals surface area contributed by atoms with Crippen LogP contribution in [-0.2, 0) is 0 Å². The first-order chi connectivity index (χ1) is 9.17. The molecule has 0 radical (unpaired) electrons. The van der Waals surface area contributed by atoms with E-state index >= 15 is 0 Å². The van der Waals surface area contributed by atoms with Gasteiger partial charge in [0, 0.05) is 0 Å². The van der Waals surface area contributed by atoms with Crippen LogP contribution in [-0.4, -0.2) is 0 Å². The van der Waals surface area contributed by atoms with E-state index < -0.39 is 0 Å². The third-order valence-electron chi connectivity index (χ3n) is 2.64. The van der Waals surface area contributed by atoms with E-state index in [1.807, 2.05) is 25.2 Å². The summed E-state index contributed by atoms with van der Waals surface area (Å²) < 4.78 is 0. The minimum atomic E-state index is 0.980. The summed E-state index contributed by atoms with van der Waals surface area (Å²) in [6.07, 6.45) is 20.4. The van der Waals surface area contributed by atoms with Crippen LogP contribution in [0.1, 0.15) is 33.6 Å². The highest BCUT2D eigenvalue weighted by Crippen LogP contribution is 2.11. The van der Waals surface area contributed by atoms with Crippen molar-refractivity contribution in [3.05, 3.63) is 84.6 Å². The van der Waals surface area contributed by atoms with E-state index in [1.165, 1.54) is 11.1 Å². The van der Waals surface area contributed by atoms with Gasteiger partial charge in [-0.25, -0.2) is 0 Å². The van der Waals surface area contributed by atoms with E-state index in [-0.39, 0.29) is 0 Å². The Labute approximate surface area is 118 Å². The average molecular weight is 254 g/mol. The fourth-order valence-corrected chi connectivity index (χ4v) is 1.43. The van der Waals surface area contributed by atoms with Gasteiger partial charge in [-0.2, -0.15) is 0 Å². The Morgan fingerprint density at radius 1 is 1.00 bits per heavy atom. The maximum Gasteiger partial charge on any atom is -0.0257 e. The predicted molar refractivity (Wildman–Crippen MR) is 89.2 cm³/mol. The van der Waals surface area contributed by atoms with Crippen LogP contribution in [0.15, 0.2) is 84.6 Å². The quantitative estimate of drug-likeness (QED) is 0.460. The van der Waals surface area contributed by atoms with Gasteiger partial charge in [0.1, 0.15) is 0 Å². The van der Waals surface area contributed by atoms with Crippen LogP contribution in [0.25, 0.3) is 0 Å². The number of hydrogen-bond acceptors (Lipinski definition) is 0. The highest BCUT2D eigenvalue weighted by Gasteiger charge is 1.90. The highest BCUT2D eigenvalue weighted by molar-refractivity contribution is 5.39. The molecule has 0 fully saturated rings. The van der Waals surface area contributed by atoms with Gasteiger partial charge in [-0.3, -0.25) is 0 Å². The molecule has 0 saturated carbocycles. The zero-order chi connectivity index (χ0) is 14.5. The van der Waals surface area contributed by atoms with E-state index in [2.05, 4.69) is 57.4 Å². The second-order valence-electron chi connectivity index (χ2n) is 4.21.